The van der Waals surface area contributed by atoms with Crippen LogP contribution in [0.5, 0.6) is 0 Å². The lowest BCUT2D eigenvalue weighted by Gasteiger charge is -2.02. The summed E-state index contributed by atoms with van der Waals surface area (Å²) in [6.45, 7) is 2.02. The highest BCUT2D eigenvalue weighted by molar-refractivity contribution is 5.92. The Morgan fingerprint density at radius 1 is 1.42 bits per heavy atom. The Balaban J connectivity index is 2.96. The summed E-state index contributed by atoms with van der Waals surface area (Å²) in [6, 6.07) is 8.61. The maximum absolute atomic E-state index is 5.76. The lowest BCUT2D eigenvalue weighted by molar-refractivity contribution is 1.37. The fraction of sp³-hybridized carbons (Fsp3) is 0.100. The zero-order valence-electron chi connectivity index (χ0n) is 6.83. The molecule has 0 saturated heterocycles. The smallest absolute Gasteiger partial charge is 0.0725 e. The number of rotatable bonds is 0. The number of anilines is 1. The molecule has 0 saturated carbocycles. The van der Waals surface area contributed by atoms with Gasteiger partial charge in [0.15, 0.2) is 0 Å². The normalized spacial score (nSPS) is 10.4. The van der Waals surface area contributed by atoms with E-state index in [0.717, 1.165) is 16.5 Å². The van der Waals surface area contributed by atoms with E-state index >= 15 is 0 Å². The fourth-order valence-electron chi connectivity index (χ4n) is 1.34. The van der Waals surface area contributed by atoms with Gasteiger partial charge in [0.1, 0.15) is 0 Å². The largest absolute Gasteiger partial charge is 0.398 e. The molecule has 1 radical (unpaired) electrons. The van der Waals surface area contributed by atoms with Crippen molar-refractivity contribution in [3.8, 4) is 0 Å². The quantitative estimate of drug-likeness (QED) is 0.593. The summed E-state index contributed by atoms with van der Waals surface area (Å²) < 4.78 is 0. The van der Waals surface area contributed by atoms with E-state index in [1.807, 2.05) is 19.1 Å². The van der Waals surface area contributed by atoms with Crippen molar-refractivity contribution in [2.24, 2.45) is 0 Å². The van der Waals surface area contributed by atoms with Crippen molar-refractivity contribution < 1.29 is 0 Å². The Kier molecular flexibility index (Phi) is 1.47. The van der Waals surface area contributed by atoms with E-state index in [4.69, 9.17) is 5.73 Å². The summed E-state index contributed by atoms with van der Waals surface area (Å²) in [5, 5.41) is 1.01. The van der Waals surface area contributed by atoms with Crippen LogP contribution in [-0.2, 0) is 0 Å². The summed E-state index contributed by atoms with van der Waals surface area (Å²) in [6.07, 6.45) is 1.79. The lowest BCUT2D eigenvalue weighted by Crippen LogP contribution is -1.90. The summed E-state index contributed by atoms with van der Waals surface area (Å²) in [7, 11) is 0. The van der Waals surface area contributed by atoms with Gasteiger partial charge in [-0.05, 0) is 24.6 Å². The van der Waals surface area contributed by atoms with E-state index in [1.54, 1.807) is 12.3 Å². The monoisotopic (exact) mass is 157 g/mol. The minimum Gasteiger partial charge on any atom is -0.398 e. The average Bonchev–Trinajstić information content (AvgIpc) is 2.04. The van der Waals surface area contributed by atoms with Crippen molar-refractivity contribution in [2.45, 2.75) is 6.92 Å². The van der Waals surface area contributed by atoms with E-state index in [-0.39, 0.29) is 0 Å². The first-order valence-electron chi connectivity index (χ1n) is 3.80. The molecule has 2 nitrogen and oxygen atoms in total. The number of benzene rings is 1. The van der Waals surface area contributed by atoms with Crippen molar-refractivity contribution >= 4 is 16.6 Å². The summed E-state index contributed by atoms with van der Waals surface area (Å²) in [5.74, 6) is 0. The molecule has 2 rings (SSSR count). The molecule has 0 amide bonds. The minimum absolute atomic E-state index is 0.679. The number of hydrogen-bond acceptors (Lipinski definition) is 2. The maximum Gasteiger partial charge on any atom is 0.0725 e. The molecular formula is C10H9N2. The lowest BCUT2D eigenvalue weighted by atomic mass is 10.1. The van der Waals surface area contributed by atoms with E-state index in [9.17, 15) is 0 Å². The third-order valence-corrected chi connectivity index (χ3v) is 1.94. The molecule has 0 aliphatic rings. The molecule has 1 aromatic carbocycles. The second kappa shape index (κ2) is 2.48. The average molecular weight is 157 g/mol. The van der Waals surface area contributed by atoms with E-state index in [2.05, 4.69) is 11.1 Å². The molecular weight excluding hydrogens is 148 g/mol. The molecule has 0 atom stereocenters. The van der Waals surface area contributed by atoms with Crippen molar-refractivity contribution in [1.29, 1.82) is 0 Å². The van der Waals surface area contributed by atoms with Gasteiger partial charge in [0.25, 0.3) is 0 Å². The van der Waals surface area contributed by atoms with Crippen LogP contribution in [0.25, 0.3) is 10.9 Å². The van der Waals surface area contributed by atoms with Crippen molar-refractivity contribution in [2.75, 3.05) is 5.73 Å². The molecule has 0 fully saturated rings. The molecule has 59 valence electrons. The predicted octanol–water partition coefficient (Wildman–Crippen LogP) is 1.93. The number of aryl methyl sites for hydroxylation is 1. The molecule has 0 bridgehead atoms. The summed E-state index contributed by atoms with van der Waals surface area (Å²) in [4.78, 5) is 4.20. The number of aromatic nitrogens is 1. The van der Waals surface area contributed by atoms with Gasteiger partial charge >= 0.3 is 0 Å². The first-order valence-corrected chi connectivity index (χ1v) is 3.80. The van der Waals surface area contributed by atoms with Gasteiger partial charge < -0.3 is 5.73 Å². The number of pyridine rings is 1. The van der Waals surface area contributed by atoms with Crippen LogP contribution < -0.4 is 5.73 Å². The Bertz CT molecular complexity index is 384. The van der Waals surface area contributed by atoms with Gasteiger partial charge in [0, 0.05) is 23.3 Å². The number of nitrogen functional groups attached to an aromatic ring is 1. The molecule has 2 aromatic rings. The molecule has 1 aromatic heterocycles. The molecule has 1 heterocycles. The summed E-state index contributed by atoms with van der Waals surface area (Å²) in [5.41, 5.74) is 8.52. The first-order chi connectivity index (χ1) is 5.79. The van der Waals surface area contributed by atoms with Crippen LogP contribution in [0, 0.1) is 13.0 Å². The third-order valence-electron chi connectivity index (χ3n) is 1.94. The number of nitrogens with two attached hydrogens (primary N) is 1. The topological polar surface area (TPSA) is 38.9 Å². The first kappa shape index (κ1) is 7.10. The molecule has 0 unspecified atom stereocenters. The van der Waals surface area contributed by atoms with Gasteiger partial charge in [-0.25, -0.2) is 0 Å². The Hall–Kier alpha value is -1.57. The van der Waals surface area contributed by atoms with E-state index < -0.39 is 0 Å². The Morgan fingerprint density at radius 2 is 2.25 bits per heavy atom. The number of nitrogens with zero attached hydrogens (tertiary/aromatic N) is 1. The summed E-state index contributed by atoms with van der Waals surface area (Å²) >= 11 is 0. The van der Waals surface area contributed by atoms with Gasteiger partial charge in [-0.1, -0.05) is 6.07 Å². The van der Waals surface area contributed by atoms with E-state index in [0.29, 0.717) is 5.69 Å². The fourth-order valence-corrected chi connectivity index (χ4v) is 1.34. The standard InChI is InChI=1S/C10H9N2/c1-7-5-6-12-9-4-2-3-8(11)10(7)9/h2,4-6H,11H2,1H3. The van der Waals surface area contributed by atoms with Crippen molar-refractivity contribution in [1.82, 2.24) is 4.98 Å². The van der Waals surface area contributed by atoms with Crippen molar-refractivity contribution in [3.05, 3.63) is 36.0 Å². The van der Waals surface area contributed by atoms with Gasteiger partial charge in [0.2, 0.25) is 0 Å². The van der Waals surface area contributed by atoms with Gasteiger partial charge in [0.05, 0.1) is 5.52 Å². The van der Waals surface area contributed by atoms with Crippen LogP contribution in [0.4, 0.5) is 5.69 Å². The highest BCUT2D eigenvalue weighted by atomic mass is 14.7. The highest BCUT2D eigenvalue weighted by Gasteiger charge is 2.00. The van der Waals surface area contributed by atoms with Crippen LogP contribution in [0.2, 0.25) is 0 Å². The Morgan fingerprint density at radius 3 is 3.00 bits per heavy atom. The second-order valence-electron chi connectivity index (χ2n) is 2.78. The van der Waals surface area contributed by atoms with Crippen LogP contribution >= 0.6 is 0 Å². The second-order valence-corrected chi connectivity index (χ2v) is 2.78. The minimum atomic E-state index is 0.679. The van der Waals surface area contributed by atoms with Gasteiger partial charge in [-0.3, -0.25) is 4.98 Å². The van der Waals surface area contributed by atoms with Crippen LogP contribution in [-0.4, -0.2) is 4.98 Å². The van der Waals surface area contributed by atoms with Crippen LogP contribution in [0.3, 0.4) is 0 Å². The van der Waals surface area contributed by atoms with E-state index in [1.165, 1.54) is 0 Å². The number of hydrogen-bond donors (Lipinski definition) is 1. The van der Waals surface area contributed by atoms with Crippen molar-refractivity contribution in [3.63, 3.8) is 0 Å². The molecule has 2 N–H and O–H groups in total. The molecule has 0 spiro atoms. The van der Waals surface area contributed by atoms with Crippen LogP contribution in [0.1, 0.15) is 5.56 Å². The molecule has 2 heteroatoms. The Labute approximate surface area is 71.0 Å². The molecule has 12 heavy (non-hydrogen) atoms. The molecule has 0 aliphatic heterocycles. The SMILES string of the molecule is Cc1ccnc2cc[c]c(N)c12. The zero-order valence-corrected chi connectivity index (χ0v) is 6.83. The van der Waals surface area contributed by atoms with Gasteiger partial charge in [-0.2, -0.15) is 0 Å². The highest BCUT2D eigenvalue weighted by Crippen LogP contribution is 2.21. The number of fused-ring (bicyclic) bond motifs is 1. The third kappa shape index (κ3) is 0.925. The zero-order chi connectivity index (χ0) is 8.55. The predicted molar refractivity (Wildman–Crippen MR) is 49.7 cm³/mol. The maximum atomic E-state index is 5.76. The van der Waals surface area contributed by atoms with Gasteiger partial charge in [-0.15, -0.1) is 0 Å². The molecule has 0 aliphatic carbocycles. The van der Waals surface area contributed by atoms with Crippen LogP contribution in [0.15, 0.2) is 24.4 Å².